The number of aromatic nitrogens is 1. The monoisotopic (exact) mass is 329 g/mol. The van der Waals surface area contributed by atoms with Crippen molar-refractivity contribution < 1.29 is 4.74 Å². The van der Waals surface area contributed by atoms with Crippen LogP contribution >= 0.6 is 23.2 Å². The molecule has 22 heavy (non-hydrogen) atoms. The van der Waals surface area contributed by atoms with Gasteiger partial charge in [0.15, 0.2) is 6.10 Å². The Balaban J connectivity index is 2.03. The largest absolute Gasteiger partial charge is 0.481 e. The molecule has 0 aliphatic carbocycles. The summed E-state index contributed by atoms with van der Waals surface area (Å²) in [6, 6.07) is 18.9. The van der Waals surface area contributed by atoms with Crippen molar-refractivity contribution in [2.45, 2.75) is 6.10 Å². The lowest BCUT2D eigenvalue weighted by Gasteiger charge is -2.21. The highest BCUT2D eigenvalue weighted by Crippen LogP contribution is 2.33. The molecule has 3 rings (SSSR count). The first-order valence-corrected chi connectivity index (χ1v) is 7.56. The molecule has 2 aromatic carbocycles. The van der Waals surface area contributed by atoms with Crippen LogP contribution in [0.3, 0.4) is 0 Å². The molecule has 0 saturated heterocycles. The Kier molecular flexibility index (Phi) is 4.62. The normalized spacial score (nSPS) is 11.9. The third kappa shape index (κ3) is 3.41. The van der Waals surface area contributed by atoms with Gasteiger partial charge in [0.05, 0.1) is 0 Å². The molecular formula is C18H13Cl2NO. The third-order valence-corrected chi connectivity index (χ3v) is 3.79. The van der Waals surface area contributed by atoms with E-state index in [-0.39, 0.29) is 6.10 Å². The Bertz CT molecular complexity index is 748. The second kappa shape index (κ2) is 6.82. The fraction of sp³-hybridized carbons (Fsp3) is 0.0556. The number of rotatable bonds is 4. The van der Waals surface area contributed by atoms with Gasteiger partial charge >= 0.3 is 0 Å². The molecule has 0 saturated carbocycles. The summed E-state index contributed by atoms with van der Waals surface area (Å²) in [6.45, 7) is 0. The van der Waals surface area contributed by atoms with Gasteiger partial charge in [0.25, 0.3) is 0 Å². The second-order valence-electron chi connectivity index (χ2n) is 4.76. The fourth-order valence-corrected chi connectivity index (χ4v) is 2.70. The molecule has 0 aliphatic rings. The minimum Gasteiger partial charge on any atom is -0.481 e. The second-order valence-corrected chi connectivity index (χ2v) is 5.61. The predicted molar refractivity (Wildman–Crippen MR) is 89.6 cm³/mol. The van der Waals surface area contributed by atoms with Crippen LogP contribution in [-0.4, -0.2) is 4.98 Å². The number of ether oxygens (including phenoxy) is 1. The molecule has 0 aliphatic heterocycles. The minimum atomic E-state index is -0.346. The number of nitrogens with zero attached hydrogens (tertiary/aromatic N) is 1. The lowest BCUT2D eigenvalue weighted by Crippen LogP contribution is -2.10. The van der Waals surface area contributed by atoms with Gasteiger partial charge in [0.2, 0.25) is 0 Å². The predicted octanol–water partition coefficient (Wildman–Crippen LogP) is 5.56. The Morgan fingerprint density at radius 1 is 0.909 bits per heavy atom. The Hall–Kier alpha value is -2.03. The average Bonchev–Trinajstić information content (AvgIpc) is 2.55. The lowest BCUT2D eigenvalue weighted by molar-refractivity contribution is 0.247. The first-order valence-electron chi connectivity index (χ1n) is 6.80. The average molecular weight is 330 g/mol. The topological polar surface area (TPSA) is 22.1 Å². The van der Waals surface area contributed by atoms with Crippen molar-refractivity contribution in [2.75, 3.05) is 0 Å². The van der Waals surface area contributed by atoms with E-state index < -0.39 is 0 Å². The molecule has 3 aromatic rings. The molecule has 110 valence electrons. The Morgan fingerprint density at radius 2 is 1.73 bits per heavy atom. The van der Waals surface area contributed by atoms with E-state index in [2.05, 4.69) is 4.98 Å². The molecule has 0 amide bonds. The molecule has 1 aromatic heterocycles. The first-order chi connectivity index (χ1) is 10.7. The SMILES string of the molecule is Clc1ccc(C(Oc2ccccc2)c2cccnc2)c(Cl)c1. The number of pyridine rings is 1. The number of hydrogen-bond acceptors (Lipinski definition) is 2. The van der Waals surface area contributed by atoms with Crippen LogP contribution in [0, 0.1) is 0 Å². The van der Waals surface area contributed by atoms with E-state index in [0.717, 1.165) is 16.9 Å². The highest BCUT2D eigenvalue weighted by atomic mass is 35.5. The summed E-state index contributed by atoms with van der Waals surface area (Å²) in [4.78, 5) is 4.17. The summed E-state index contributed by atoms with van der Waals surface area (Å²) in [5.41, 5.74) is 1.78. The van der Waals surface area contributed by atoms with Gasteiger partial charge in [-0.2, -0.15) is 0 Å². The summed E-state index contributed by atoms with van der Waals surface area (Å²) in [5.74, 6) is 0.766. The summed E-state index contributed by atoms with van der Waals surface area (Å²) >= 11 is 12.3. The Morgan fingerprint density at radius 3 is 2.41 bits per heavy atom. The van der Waals surface area contributed by atoms with Crippen LogP contribution in [0.4, 0.5) is 0 Å². The minimum absolute atomic E-state index is 0.346. The molecule has 1 atom stereocenters. The standard InChI is InChI=1S/C18H13Cl2NO/c19-14-8-9-16(17(20)11-14)18(13-5-4-10-21-12-13)22-15-6-2-1-3-7-15/h1-12,18H. The van der Waals surface area contributed by atoms with Gasteiger partial charge in [-0.15, -0.1) is 0 Å². The van der Waals surface area contributed by atoms with Crippen molar-refractivity contribution in [1.29, 1.82) is 0 Å². The molecule has 0 spiro atoms. The lowest BCUT2D eigenvalue weighted by atomic mass is 10.0. The van der Waals surface area contributed by atoms with Crippen LogP contribution < -0.4 is 4.74 Å². The van der Waals surface area contributed by atoms with Gasteiger partial charge in [0.1, 0.15) is 5.75 Å². The third-order valence-electron chi connectivity index (χ3n) is 3.23. The zero-order valence-corrected chi connectivity index (χ0v) is 13.1. The zero-order chi connectivity index (χ0) is 15.4. The summed E-state index contributed by atoms with van der Waals surface area (Å²) < 4.78 is 6.14. The molecule has 0 bridgehead atoms. The fourth-order valence-electron chi connectivity index (χ4n) is 2.19. The maximum atomic E-state index is 6.36. The molecule has 4 heteroatoms. The highest BCUT2D eigenvalue weighted by molar-refractivity contribution is 6.35. The van der Waals surface area contributed by atoms with Crippen LogP contribution in [0.2, 0.25) is 10.0 Å². The smallest absolute Gasteiger partial charge is 0.152 e. The van der Waals surface area contributed by atoms with E-state index in [9.17, 15) is 0 Å². The van der Waals surface area contributed by atoms with Crippen LogP contribution in [0.25, 0.3) is 0 Å². The summed E-state index contributed by atoms with van der Waals surface area (Å²) in [7, 11) is 0. The van der Waals surface area contributed by atoms with Crippen molar-refractivity contribution in [3.63, 3.8) is 0 Å². The van der Waals surface area contributed by atoms with Crippen molar-refractivity contribution in [3.8, 4) is 5.75 Å². The molecule has 0 fully saturated rings. The molecule has 0 radical (unpaired) electrons. The van der Waals surface area contributed by atoms with Gasteiger partial charge in [0, 0.05) is 33.6 Å². The van der Waals surface area contributed by atoms with E-state index in [1.54, 1.807) is 24.5 Å². The maximum absolute atomic E-state index is 6.36. The highest BCUT2D eigenvalue weighted by Gasteiger charge is 2.19. The van der Waals surface area contributed by atoms with Gasteiger partial charge in [-0.3, -0.25) is 4.98 Å². The first kappa shape index (κ1) is 14.9. The summed E-state index contributed by atoms with van der Waals surface area (Å²) in [6.07, 6.45) is 3.16. The van der Waals surface area contributed by atoms with Gasteiger partial charge < -0.3 is 4.74 Å². The number of halogens is 2. The molecular weight excluding hydrogens is 317 g/mol. The quantitative estimate of drug-likeness (QED) is 0.625. The summed E-state index contributed by atoms with van der Waals surface area (Å²) in [5, 5.41) is 1.16. The zero-order valence-electron chi connectivity index (χ0n) is 11.6. The van der Waals surface area contributed by atoms with Crippen molar-refractivity contribution >= 4 is 23.2 Å². The van der Waals surface area contributed by atoms with Crippen LogP contribution in [0.5, 0.6) is 5.75 Å². The van der Waals surface area contributed by atoms with Gasteiger partial charge in [-0.05, 0) is 30.3 Å². The Labute approximate surface area is 139 Å². The van der Waals surface area contributed by atoms with E-state index >= 15 is 0 Å². The van der Waals surface area contributed by atoms with E-state index in [1.165, 1.54) is 0 Å². The number of benzene rings is 2. The van der Waals surface area contributed by atoms with Crippen LogP contribution in [-0.2, 0) is 0 Å². The molecule has 1 heterocycles. The van der Waals surface area contributed by atoms with Crippen molar-refractivity contribution in [2.24, 2.45) is 0 Å². The molecule has 1 unspecified atom stereocenters. The van der Waals surface area contributed by atoms with Crippen LogP contribution in [0.1, 0.15) is 17.2 Å². The van der Waals surface area contributed by atoms with Crippen LogP contribution in [0.15, 0.2) is 73.1 Å². The number of hydrogen-bond donors (Lipinski definition) is 0. The molecule has 2 nitrogen and oxygen atoms in total. The number of para-hydroxylation sites is 1. The van der Waals surface area contributed by atoms with Gasteiger partial charge in [-0.1, -0.05) is 53.5 Å². The van der Waals surface area contributed by atoms with Crippen molar-refractivity contribution in [3.05, 3.63) is 94.2 Å². The van der Waals surface area contributed by atoms with E-state index in [4.69, 9.17) is 27.9 Å². The van der Waals surface area contributed by atoms with Gasteiger partial charge in [-0.25, -0.2) is 0 Å². The van der Waals surface area contributed by atoms with E-state index in [1.807, 2.05) is 48.5 Å². The maximum Gasteiger partial charge on any atom is 0.152 e. The van der Waals surface area contributed by atoms with E-state index in [0.29, 0.717) is 10.0 Å². The molecule has 0 N–H and O–H groups in total. The van der Waals surface area contributed by atoms with Crippen molar-refractivity contribution in [1.82, 2.24) is 4.98 Å².